The molecule has 0 aliphatic carbocycles. The Bertz CT molecular complexity index is 282. The van der Waals surface area contributed by atoms with Crippen LogP contribution < -0.4 is 4.90 Å². The van der Waals surface area contributed by atoms with Crippen LogP contribution in [0, 0.1) is 6.92 Å². The van der Waals surface area contributed by atoms with Gasteiger partial charge in [-0.1, -0.05) is 11.6 Å². The van der Waals surface area contributed by atoms with Crippen LogP contribution in [0.25, 0.3) is 0 Å². The van der Waals surface area contributed by atoms with Gasteiger partial charge in [-0.05, 0) is 26.8 Å². The van der Waals surface area contributed by atoms with Crippen LogP contribution in [-0.4, -0.2) is 18.1 Å². The molecule has 0 N–H and O–H groups in total. The first-order valence-electron chi connectivity index (χ1n) is 4.56. The number of halogens is 1. The van der Waals surface area contributed by atoms with Gasteiger partial charge >= 0.3 is 0 Å². The first kappa shape index (κ1) is 10.3. The predicted molar refractivity (Wildman–Crippen MR) is 57.5 cm³/mol. The molecule has 1 rings (SSSR count). The van der Waals surface area contributed by atoms with Gasteiger partial charge < -0.3 is 4.90 Å². The largest absolute Gasteiger partial charge is 0.372 e. The Kier molecular flexibility index (Phi) is 3.55. The fourth-order valence-electron chi connectivity index (χ4n) is 1.41. The van der Waals surface area contributed by atoms with Gasteiger partial charge in [-0.25, -0.2) is 4.98 Å². The van der Waals surface area contributed by atoms with Crippen molar-refractivity contribution in [1.82, 2.24) is 4.98 Å². The number of nitrogens with zero attached hydrogens (tertiary/aromatic N) is 2. The molecular weight excluding hydrogens is 184 g/mol. The van der Waals surface area contributed by atoms with Crippen molar-refractivity contribution in [3.8, 4) is 0 Å². The predicted octanol–water partition coefficient (Wildman–Crippen LogP) is 2.89. The molecule has 0 unspecified atom stereocenters. The van der Waals surface area contributed by atoms with E-state index in [9.17, 15) is 0 Å². The minimum absolute atomic E-state index is 0.601. The third-order valence-electron chi connectivity index (χ3n) is 2.22. The summed E-state index contributed by atoms with van der Waals surface area (Å²) in [6, 6.07) is 2.01. The molecule has 1 heterocycles. The third kappa shape index (κ3) is 2.13. The zero-order valence-electron chi connectivity index (χ0n) is 8.34. The minimum Gasteiger partial charge on any atom is -0.372 e. The van der Waals surface area contributed by atoms with E-state index in [4.69, 9.17) is 11.6 Å². The topological polar surface area (TPSA) is 16.1 Å². The van der Waals surface area contributed by atoms with Crippen LogP contribution in [0.3, 0.4) is 0 Å². The van der Waals surface area contributed by atoms with E-state index in [0.717, 1.165) is 18.7 Å². The lowest BCUT2D eigenvalue weighted by atomic mass is 10.2. The van der Waals surface area contributed by atoms with Crippen molar-refractivity contribution in [2.24, 2.45) is 0 Å². The lowest BCUT2D eigenvalue weighted by Gasteiger charge is -2.22. The van der Waals surface area contributed by atoms with Crippen molar-refractivity contribution >= 4 is 17.3 Å². The Hall–Kier alpha value is -0.760. The molecule has 13 heavy (non-hydrogen) atoms. The highest BCUT2D eigenvalue weighted by molar-refractivity contribution is 6.30. The van der Waals surface area contributed by atoms with Gasteiger partial charge in [-0.15, -0.1) is 0 Å². The number of hydrogen-bond acceptors (Lipinski definition) is 2. The van der Waals surface area contributed by atoms with Crippen molar-refractivity contribution < 1.29 is 0 Å². The molecule has 1 aromatic rings. The lowest BCUT2D eigenvalue weighted by Crippen LogP contribution is -2.22. The van der Waals surface area contributed by atoms with Gasteiger partial charge in [0.25, 0.3) is 0 Å². The van der Waals surface area contributed by atoms with Crippen molar-refractivity contribution in [1.29, 1.82) is 0 Å². The standard InChI is InChI=1S/C10H15ClN2/c1-4-13(5-2)9-6-7-12-10(11)8(9)3/h6-7H,4-5H2,1-3H3. The van der Waals surface area contributed by atoms with Gasteiger partial charge in [0.15, 0.2) is 0 Å². The Balaban J connectivity index is 3.05. The quantitative estimate of drug-likeness (QED) is 0.695. The second-order valence-corrected chi connectivity index (χ2v) is 3.28. The Morgan fingerprint density at radius 1 is 1.38 bits per heavy atom. The molecule has 0 aliphatic rings. The van der Waals surface area contributed by atoms with Crippen molar-refractivity contribution in [3.05, 3.63) is 23.0 Å². The van der Waals surface area contributed by atoms with Crippen LogP contribution >= 0.6 is 11.6 Å². The van der Waals surface area contributed by atoms with Gasteiger partial charge in [0.05, 0.1) is 0 Å². The molecule has 0 amide bonds. The number of hydrogen-bond donors (Lipinski definition) is 0. The van der Waals surface area contributed by atoms with E-state index in [-0.39, 0.29) is 0 Å². The van der Waals surface area contributed by atoms with Crippen LogP contribution in [-0.2, 0) is 0 Å². The molecule has 0 bridgehead atoms. The summed E-state index contributed by atoms with van der Waals surface area (Å²) in [5.41, 5.74) is 2.25. The average molecular weight is 199 g/mol. The van der Waals surface area contributed by atoms with Crippen LogP contribution in [0.2, 0.25) is 5.15 Å². The van der Waals surface area contributed by atoms with E-state index >= 15 is 0 Å². The highest BCUT2D eigenvalue weighted by Crippen LogP contribution is 2.23. The summed E-state index contributed by atoms with van der Waals surface area (Å²) < 4.78 is 0. The first-order chi connectivity index (χ1) is 6.20. The van der Waals surface area contributed by atoms with E-state index in [0.29, 0.717) is 5.15 Å². The summed E-state index contributed by atoms with van der Waals surface area (Å²) in [5.74, 6) is 0. The van der Waals surface area contributed by atoms with Crippen LogP contribution in [0.1, 0.15) is 19.4 Å². The second-order valence-electron chi connectivity index (χ2n) is 2.92. The molecule has 0 saturated heterocycles. The smallest absolute Gasteiger partial charge is 0.133 e. The highest BCUT2D eigenvalue weighted by atomic mass is 35.5. The Labute approximate surface area is 84.5 Å². The van der Waals surface area contributed by atoms with Crippen LogP contribution in [0.15, 0.2) is 12.3 Å². The normalized spacial score (nSPS) is 10.2. The van der Waals surface area contributed by atoms with Gasteiger partial charge in [-0.3, -0.25) is 0 Å². The van der Waals surface area contributed by atoms with Crippen LogP contribution in [0.4, 0.5) is 5.69 Å². The van der Waals surface area contributed by atoms with Crippen molar-refractivity contribution in [2.45, 2.75) is 20.8 Å². The van der Waals surface area contributed by atoms with E-state index in [1.54, 1.807) is 6.20 Å². The number of anilines is 1. The van der Waals surface area contributed by atoms with E-state index in [2.05, 4.69) is 23.7 Å². The number of aromatic nitrogens is 1. The van der Waals surface area contributed by atoms with Crippen LogP contribution in [0.5, 0.6) is 0 Å². The molecule has 3 heteroatoms. The zero-order valence-corrected chi connectivity index (χ0v) is 9.10. The summed E-state index contributed by atoms with van der Waals surface area (Å²) in [6.07, 6.45) is 1.75. The summed E-state index contributed by atoms with van der Waals surface area (Å²) in [6.45, 7) is 8.27. The molecule has 0 fully saturated rings. The molecule has 0 saturated carbocycles. The van der Waals surface area contributed by atoms with E-state index < -0.39 is 0 Å². The van der Waals surface area contributed by atoms with Gasteiger partial charge in [0.1, 0.15) is 5.15 Å². The third-order valence-corrected chi connectivity index (χ3v) is 2.60. The lowest BCUT2D eigenvalue weighted by molar-refractivity contribution is 0.859. The molecule has 0 atom stereocenters. The SMILES string of the molecule is CCN(CC)c1ccnc(Cl)c1C. The maximum Gasteiger partial charge on any atom is 0.133 e. The molecule has 0 aromatic carbocycles. The molecule has 2 nitrogen and oxygen atoms in total. The summed E-state index contributed by atoms with van der Waals surface area (Å²) in [4.78, 5) is 6.30. The molecular formula is C10H15ClN2. The molecule has 0 aliphatic heterocycles. The van der Waals surface area contributed by atoms with E-state index in [1.165, 1.54) is 5.69 Å². The fraction of sp³-hybridized carbons (Fsp3) is 0.500. The summed E-state index contributed by atoms with van der Waals surface area (Å²) in [7, 11) is 0. The molecule has 0 radical (unpaired) electrons. The monoisotopic (exact) mass is 198 g/mol. The second kappa shape index (κ2) is 4.47. The van der Waals surface area contributed by atoms with Gasteiger partial charge in [-0.2, -0.15) is 0 Å². The van der Waals surface area contributed by atoms with Crippen molar-refractivity contribution in [2.75, 3.05) is 18.0 Å². The Morgan fingerprint density at radius 3 is 2.54 bits per heavy atom. The van der Waals surface area contributed by atoms with Gasteiger partial charge in [0, 0.05) is 30.5 Å². The molecule has 0 spiro atoms. The Morgan fingerprint density at radius 2 is 2.00 bits per heavy atom. The average Bonchev–Trinajstić information content (AvgIpc) is 2.14. The molecule has 72 valence electrons. The summed E-state index contributed by atoms with van der Waals surface area (Å²) in [5, 5.41) is 0.601. The maximum atomic E-state index is 5.93. The summed E-state index contributed by atoms with van der Waals surface area (Å²) >= 11 is 5.93. The molecule has 1 aromatic heterocycles. The maximum absolute atomic E-state index is 5.93. The fourth-order valence-corrected chi connectivity index (χ4v) is 1.56. The zero-order chi connectivity index (χ0) is 9.84. The first-order valence-corrected chi connectivity index (χ1v) is 4.94. The number of pyridine rings is 1. The van der Waals surface area contributed by atoms with Gasteiger partial charge in [0.2, 0.25) is 0 Å². The van der Waals surface area contributed by atoms with Crippen molar-refractivity contribution in [3.63, 3.8) is 0 Å². The number of rotatable bonds is 3. The minimum atomic E-state index is 0.601. The van der Waals surface area contributed by atoms with E-state index in [1.807, 2.05) is 13.0 Å². The highest BCUT2D eigenvalue weighted by Gasteiger charge is 2.07.